The first-order valence-electron chi connectivity index (χ1n) is 9.64. The number of esters is 1. The minimum atomic E-state index is -0.600. The number of hydrogen-bond donors (Lipinski definition) is 1. The molecular formula is C22H25FN2O5. The van der Waals surface area contributed by atoms with Gasteiger partial charge in [0.1, 0.15) is 12.4 Å². The molecule has 7 nitrogen and oxygen atoms in total. The zero-order valence-corrected chi connectivity index (χ0v) is 17.0. The van der Waals surface area contributed by atoms with Crippen molar-refractivity contribution >= 4 is 17.7 Å². The van der Waals surface area contributed by atoms with Crippen molar-refractivity contribution in [3.05, 3.63) is 65.5 Å². The zero-order valence-electron chi connectivity index (χ0n) is 17.0. The predicted octanol–water partition coefficient (Wildman–Crippen LogP) is 3.13. The Morgan fingerprint density at radius 2 is 1.93 bits per heavy atom. The number of benzene rings is 2. The molecule has 0 bridgehead atoms. The third kappa shape index (κ3) is 5.48. The minimum Gasteiger partial charge on any atom is -0.465 e. The van der Waals surface area contributed by atoms with Crippen LogP contribution in [0.25, 0.3) is 0 Å². The SMILES string of the molecule is COC(=O)c1cc(F)cc(N2CCC(NC(=O)OCc3ccccc3)C(OC)C2)c1. The molecule has 8 heteroatoms. The highest BCUT2D eigenvalue weighted by Crippen LogP contribution is 2.24. The van der Waals surface area contributed by atoms with Gasteiger partial charge < -0.3 is 24.4 Å². The van der Waals surface area contributed by atoms with E-state index in [-0.39, 0.29) is 24.3 Å². The van der Waals surface area contributed by atoms with Crippen LogP contribution in [0.1, 0.15) is 22.3 Å². The highest BCUT2D eigenvalue weighted by Gasteiger charge is 2.31. The summed E-state index contributed by atoms with van der Waals surface area (Å²) in [6.07, 6.45) is -0.269. The first-order valence-corrected chi connectivity index (χ1v) is 9.64. The number of methoxy groups -OCH3 is 2. The van der Waals surface area contributed by atoms with Gasteiger partial charge in [0, 0.05) is 25.9 Å². The second kappa shape index (κ2) is 10.1. The van der Waals surface area contributed by atoms with Gasteiger partial charge in [0.2, 0.25) is 0 Å². The summed E-state index contributed by atoms with van der Waals surface area (Å²) in [5.41, 5.74) is 1.60. The Hall–Kier alpha value is -3.13. The van der Waals surface area contributed by atoms with Crippen LogP contribution >= 0.6 is 0 Å². The number of amides is 1. The molecule has 0 aliphatic carbocycles. The van der Waals surface area contributed by atoms with Crippen LogP contribution < -0.4 is 10.2 Å². The van der Waals surface area contributed by atoms with E-state index in [1.54, 1.807) is 13.2 Å². The average molecular weight is 416 g/mol. The fourth-order valence-electron chi connectivity index (χ4n) is 3.46. The molecule has 1 aliphatic rings. The van der Waals surface area contributed by atoms with E-state index < -0.39 is 17.9 Å². The zero-order chi connectivity index (χ0) is 21.5. The molecule has 30 heavy (non-hydrogen) atoms. The second-order valence-corrected chi connectivity index (χ2v) is 7.01. The molecule has 160 valence electrons. The first-order chi connectivity index (χ1) is 14.5. The van der Waals surface area contributed by atoms with Crippen LogP contribution in [-0.2, 0) is 20.8 Å². The molecule has 2 unspecified atom stereocenters. The molecular weight excluding hydrogens is 391 g/mol. The number of anilines is 1. The van der Waals surface area contributed by atoms with Crippen LogP contribution in [-0.4, -0.2) is 51.5 Å². The number of hydrogen-bond acceptors (Lipinski definition) is 6. The first kappa shape index (κ1) is 21.6. The van der Waals surface area contributed by atoms with Gasteiger partial charge >= 0.3 is 12.1 Å². The molecule has 1 amide bonds. The van der Waals surface area contributed by atoms with Crippen LogP contribution in [0.5, 0.6) is 0 Å². The molecule has 0 aromatic heterocycles. The Balaban J connectivity index is 1.60. The van der Waals surface area contributed by atoms with Crippen LogP contribution in [0.3, 0.4) is 0 Å². The largest absolute Gasteiger partial charge is 0.465 e. The lowest BCUT2D eigenvalue weighted by Gasteiger charge is -2.39. The monoisotopic (exact) mass is 416 g/mol. The topological polar surface area (TPSA) is 77.1 Å². The summed E-state index contributed by atoms with van der Waals surface area (Å²) in [5, 5.41) is 2.85. The van der Waals surface area contributed by atoms with E-state index in [0.29, 0.717) is 25.2 Å². The summed E-state index contributed by atoms with van der Waals surface area (Å²) < 4.78 is 29.5. The van der Waals surface area contributed by atoms with Crippen LogP contribution in [0.2, 0.25) is 0 Å². The molecule has 2 atom stereocenters. The van der Waals surface area contributed by atoms with Crippen molar-refractivity contribution in [2.75, 3.05) is 32.2 Å². The van der Waals surface area contributed by atoms with Crippen molar-refractivity contribution in [3.63, 3.8) is 0 Å². The Kier molecular flexibility index (Phi) is 7.24. The summed E-state index contributed by atoms with van der Waals surface area (Å²) >= 11 is 0. The molecule has 2 aromatic rings. The summed E-state index contributed by atoms with van der Waals surface area (Å²) in [5.74, 6) is -1.12. The molecule has 0 saturated carbocycles. The van der Waals surface area contributed by atoms with E-state index in [1.807, 2.05) is 35.2 Å². The average Bonchev–Trinajstić information content (AvgIpc) is 2.77. The lowest BCUT2D eigenvalue weighted by molar-refractivity contribution is 0.0545. The third-order valence-electron chi connectivity index (χ3n) is 5.05. The van der Waals surface area contributed by atoms with Gasteiger partial charge in [-0.25, -0.2) is 14.0 Å². The summed E-state index contributed by atoms with van der Waals surface area (Å²) in [7, 11) is 2.81. The van der Waals surface area contributed by atoms with Crippen LogP contribution in [0.15, 0.2) is 48.5 Å². The van der Waals surface area contributed by atoms with Gasteiger partial charge in [-0.05, 0) is 30.2 Å². The molecule has 1 aliphatic heterocycles. The van der Waals surface area contributed by atoms with Crippen molar-refractivity contribution in [1.29, 1.82) is 0 Å². The summed E-state index contributed by atoms with van der Waals surface area (Å²) in [6, 6.07) is 13.3. The maximum Gasteiger partial charge on any atom is 0.407 e. The molecule has 1 saturated heterocycles. The Morgan fingerprint density at radius 3 is 2.63 bits per heavy atom. The standard InChI is InChI=1S/C22H25FN2O5/c1-28-20-13-25(18-11-16(21(26)29-2)10-17(23)12-18)9-8-19(20)24-22(27)30-14-15-6-4-3-5-7-15/h3-7,10-12,19-20H,8-9,13-14H2,1-2H3,(H,24,27). The number of ether oxygens (including phenoxy) is 3. The van der Waals surface area contributed by atoms with Gasteiger partial charge in [-0.1, -0.05) is 30.3 Å². The van der Waals surface area contributed by atoms with Gasteiger partial charge in [-0.15, -0.1) is 0 Å². The van der Waals surface area contributed by atoms with E-state index >= 15 is 0 Å². The van der Waals surface area contributed by atoms with E-state index in [2.05, 4.69) is 10.1 Å². The molecule has 3 rings (SSSR count). The predicted molar refractivity (Wildman–Crippen MR) is 109 cm³/mol. The van der Waals surface area contributed by atoms with Gasteiger partial charge in [-0.2, -0.15) is 0 Å². The lowest BCUT2D eigenvalue weighted by atomic mass is 10.0. The van der Waals surface area contributed by atoms with Crippen molar-refractivity contribution in [3.8, 4) is 0 Å². The Bertz CT molecular complexity index is 877. The molecule has 0 spiro atoms. The number of carbonyl (C=O) groups excluding carboxylic acids is 2. The molecule has 2 aromatic carbocycles. The number of rotatable bonds is 6. The van der Waals surface area contributed by atoms with Crippen molar-refractivity contribution in [2.24, 2.45) is 0 Å². The smallest absolute Gasteiger partial charge is 0.407 e. The summed E-state index contributed by atoms with van der Waals surface area (Å²) in [6.45, 7) is 1.15. The van der Waals surface area contributed by atoms with Gasteiger partial charge in [0.15, 0.2) is 0 Å². The Morgan fingerprint density at radius 1 is 1.17 bits per heavy atom. The maximum atomic E-state index is 14.0. The number of nitrogens with one attached hydrogen (secondary N) is 1. The fraction of sp³-hybridized carbons (Fsp3) is 0.364. The fourth-order valence-corrected chi connectivity index (χ4v) is 3.46. The van der Waals surface area contributed by atoms with Crippen molar-refractivity contribution < 1.29 is 28.2 Å². The molecule has 0 radical (unpaired) electrons. The number of nitrogens with zero attached hydrogens (tertiary/aromatic N) is 1. The van der Waals surface area contributed by atoms with Crippen LogP contribution in [0.4, 0.5) is 14.9 Å². The van der Waals surface area contributed by atoms with E-state index in [1.165, 1.54) is 13.2 Å². The molecule has 1 fully saturated rings. The highest BCUT2D eigenvalue weighted by atomic mass is 19.1. The van der Waals surface area contributed by atoms with E-state index in [0.717, 1.165) is 11.6 Å². The number of halogens is 1. The number of alkyl carbamates (subject to hydrolysis) is 1. The quantitative estimate of drug-likeness (QED) is 0.729. The van der Waals surface area contributed by atoms with Crippen molar-refractivity contribution in [1.82, 2.24) is 5.32 Å². The molecule has 1 heterocycles. The van der Waals surface area contributed by atoms with Gasteiger partial charge in [0.05, 0.1) is 24.8 Å². The highest BCUT2D eigenvalue weighted by molar-refractivity contribution is 5.90. The van der Waals surface area contributed by atoms with Crippen molar-refractivity contribution in [2.45, 2.75) is 25.2 Å². The Labute approximate surface area is 174 Å². The normalized spacial score (nSPS) is 18.6. The summed E-state index contributed by atoms with van der Waals surface area (Å²) in [4.78, 5) is 25.9. The minimum absolute atomic E-state index is 0.145. The second-order valence-electron chi connectivity index (χ2n) is 7.01. The number of carbonyl (C=O) groups is 2. The van der Waals surface area contributed by atoms with E-state index in [9.17, 15) is 14.0 Å². The molecule has 1 N–H and O–H groups in total. The maximum absolute atomic E-state index is 14.0. The third-order valence-corrected chi connectivity index (χ3v) is 5.05. The lowest BCUT2D eigenvalue weighted by Crippen LogP contribution is -2.55. The van der Waals surface area contributed by atoms with Gasteiger partial charge in [0.25, 0.3) is 0 Å². The van der Waals surface area contributed by atoms with Crippen LogP contribution in [0, 0.1) is 5.82 Å². The van der Waals surface area contributed by atoms with Gasteiger partial charge in [-0.3, -0.25) is 0 Å². The number of piperidine rings is 1. The van der Waals surface area contributed by atoms with E-state index in [4.69, 9.17) is 9.47 Å².